The lowest BCUT2D eigenvalue weighted by Crippen LogP contribution is -2.26. The largest absolute Gasteiger partial charge is 0.494 e. The zero-order chi connectivity index (χ0) is 17.1. The molecule has 128 valence electrons. The van der Waals surface area contributed by atoms with Crippen molar-refractivity contribution in [3.63, 3.8) is 0 Å². The van der Waals surface area contributed by atoms with Crippen LogP contribution in [0, 0.1) is 0 Å². The molecule has 2 aromatic rings. The van der Waals surface area contributed by atoms with Crippen LogP contribution in [0.25, 0.3) is 11.3 Å². The molecule has 0 spiro atoms. The molecule has 0 bridgehead atoms. The molecule has 0 aliphatic carbocycles. The van der Waals surface area contributed by atoms with Crippen molar-refractivity contribution in [3.05, 3.63) is 34.7 Å². The molecule has 24 heavy (non-hydrogen) atoms. The molecular weight excluding hydrogens is 370 g/mol. The number of hydrogen-bond donors (Lipinski definition) is 0. The fraction of sp³-hybridized carbons (Fsp3) is 0.444. The van der Waals surface area contributed by atoms with Gasteiger partial charge in [-0.3, -0.25) is 4.79 Å². The van der Waals surface area contributed by atoms with Gasteiger partial charge >= 0.3 is 0 Å². The Morgan fingerprint density at radius 2 is 1.96 bits per heavy atom. The van der Waals surface area contributed by atoms with Gasteiger partial charge in [0.05, 0.1) is 19.0 Å². The van der Waals surface area contributed by atoms with Crippen molar-refractivity contribution in [3.8, 4) is 17.0 Å². The maximum Gasteiger partial charge on any atom is 0.291 e. The Labute approximate surface area is 150 Å². The summed E-state index contributed by atoms with van der Waals surface area (Å²) < 4.78 is 8.33. The van der Waals surface area contributed by atoms with Gasteiger partial charge in [0, 0.05) is 12.1 Å². The third kappa shape index (κ3) is 3.20. The molecule has 1 aromatic heterocycles. The number of fused-ring (bicyclic) bond motifs is 1. The van der Waals surface area contributed by atoms with Crippen molar-refractivity contribution in [2.45, 2.75) is 39.8 Å². The van der Waals surface area contributed by atoms with Crippen LogP contribution in [-0.2, 0) is 6.67 Å². The van der Waals surface area contributed by atoms with Gasteiger partial charge in [-0.15, -0.1) is 0 Å². The topological polar surface area (TPSA) is 47.4 Å². The molecular formula is C18H22BrN3O2. The molecule has 0 saturated carbocycles. The van der Waals surface area contributed by atoms with E-state index in [-0.39, 0.29) is 5.91 Å². The summed E-state index contributed by atoms with van der Waals surface area (Å²) in [4.78, 5) is 18.8. The van der Waals surface area contributed by atoms with Crippen LogP contribution < -0.4 is 4.74 Å². The van der Waals surface area contributed by atoms with E-state index in [1.54, 1.807) is 0 Å². The predicted molar refractivity (Wildman–Crippen MR) is 97.1 cm³/mol. The first-order chi connectivity index (χ1) is 11.7. The molecule has 0 N–H and O–H groups in total. The first-order valence-electron chi connectivity index (χ1n) is 8.44. The normalized spacial score (nSPS) is 13.5. The second kappa shape index (κ2) is 7.38. The van der Waals surface area contributed by atoms with E-state index in [0.29, 0.717) is 23.7 Å². The van der Waals surface area contributed by atoms with Gasteiger partial charge in [-0.1, -0.05) is 20.3 Å². The summed E-state index contributed by atoms with van der Waals surface area (Å²) in [7, 11) is 0. The van der Waals surface area contributed by atoms with Crippen molar-refractivity contribution < 1.29 is 9.53 Å². The third-order valence-electron chi connectivity index (χ3n) is 4.10. The van der Waals surface area contributed by atoms with E-state index in [1.807, 2.05) is 33.7 Å². The quantitative estimate of drug-likeness (QED) is 0.705. The van der Waals surface area contributed by atoms with E-state index in [4.69, 9.17) is 4.74 Å². The average Bonchev–Trinajstić information content (AvgIpc) is 3.07. The van der Waals surface area contributed by atoms with Crippen LogP contribution in [0.1, 0.15) is 43.7 Å². The molecule has 5 nitrogen and oxygen atoms in total. The number of imidazole rings is 1. The molecule has 2 heterocycles. The SMILES string of the molecule is CCCCN1Cn2c(nc(Br)c2-c2ccc(OCCC)cc2)C1=O. The minimum atomic E-state index is 0.0123. The maximum absolute atomic E-state index is 12.5. The zero-order valence-electron chi connectivity index (χ0n) is 14.1. The second-order valence-electron chi connectivity index (χ2n) is 5.94. The number of hydrogen-bond acceptors (Lipinski definition) is 3. The molecule has 0 fully saturated rings. The van der Waals surface area contributed by atoms with Crippen LogP contribution in [0.2, 0.25) is 0 Å². The van der Waals surface area contributed by atoms with Crippen LogP contribution in [0.4, 0.5) is 0 Å². The average molecular weight is 392 g/mol. The number of carbonyl (C=O) groups excluding carboxylic acids is 1. The maximum atomic E-state index is 12.5. The van der Waals surface area contributed by atoms with Crippen molar-refractivity contribution in [2.75, 3.05) is 13.2 Å². The molecule has 1 aromatic carbocycles. The Kier molecular flexibility index (Phi) is 5.23. The predicted octanol–water partition coefficient (Wildman–Crippen LogP) is 4.31. The Morgan fingerprint density at radius 1 is 1.21 bits per heavy atom. The summed E-state index contributed by atoms with van der Waals surface area (Å²) >= 11 is 3.51. The van der Waals surface area contributed by atoms with Gasteiger partial charge in [0.1, 0.15) is 10.4 Å². The number of amides is 1. The number of nitrogens with zero attached hydrogens (tertiary/aromatic N) is 3. The highest BCUT2D eigenvalue weighted by atomic mass is 79.9. The van der Waals surface area contributed by atoms with E-state index in [2.05, 4.69) is 34.8 Å². The summed E-state index contributed by atoms with van der Waals surface area (Å²) in [5.41, 5.74) is 1.97. The van der Waals surface area contributed by atoms with E-state index in [1.165, 1.54) is 0 Å². The Bertz CT molecular complexity index is 725. The third-order valence-corrected chi connectivity index (χ3v) is 4.65. The molecule has 0 saturated heterocycles. The Hall–Kier alpha value is -1.82. The summed E-state index contributed by atoms with van der Waals surface area (Å²) in [6.45, 7) is 6.27. The molecule has 1 aliphatic heterocycles. The van der Waals surface area contributed by atoms with Gasteiger partial charge in [-0.25, -0.2) is 4.98 Å². The highest BCUT2D eigenvalue weighted by Gasteiger charge is 2.32. The first kappa shape index (κ1) is 17.0. The fourth-order valence-corrected chi connectivity index (χ4v) is 3.44. The van der Waals surface area contributed by atoms with Crippen LogP contribution in [0.3, 0.4) is 0 Å². The standard InChI is InChI=1S/C18H22BrN3O2/c1-3-5-10-21-12-22-15(16(19)20-17(22)18(21)23)13-6-8-14(9-7-13)24-11-4-2/h6-9H,3-5,10-12H2,1-2H3. The Morgan fingerprint density at radius 3 is 2.62 bits per heavy atom. The minimum absolute atomic E-state index is 0.0123. The van der Waals surface area contributed by atoms with Crippen molar-refractivity contribution in [1.29, 1.82) is 0 Å². The van der Waals surface area contributed by atoms with Gasteiger partial charge in [0.15, 0.2) is 0 Å². The number of halogens is 1. The lowest BCUT2D eigenvalue weighted by molar-refractivity contribution is 0.0763. The first-order valence-corrected chi connectivity index (χ1v) is 9.23. The molecule has 0 atom stereocenters. The van der Waals surface area contributed by atoms with Crippen molar-refractivity contribution in [2.24, 2.45) is 0 Å². The van der Waals surface area contributed by atoms with Gasteiger partial charge in [0.2, 0.25) is 5.82 Å². The second-order valence-corrected chi connectivity index (χ2v) is 6.69. The molecule has 0 radical (unpaired) electrons. The summed E-state index contributed by atoms with van der Waals surface area (Å²) in [5, 5.41) is 0. The number of aromatic nitrogens is 2. The highest BCUT2D eigenvalue weighted by Crippen LogP contribution is 2.33. The molecule has 0 unspecified atom stereocenters. The summed E-state index contributed by atoms with van der Waals surface area (Å²) in [6, 6.07) is 7.95. The zero-order valence-corrected chi connectivity index (χ0v) is 15.7. The van der Waals surface area contributed by atoms with E-state index in [9.17, 15) is 4.79 Å². The lowest BCUT2D eigenvalue weighted by Gasteiger charge is -2.15. The van der Waals surface area contributed by atoms with Gasteiger partial charge in [0.25, 0.3) is 5.91 Å². The number of unbranched alkanes of at least 4 members (excludes halogenated alkanes) is 1. The smallest absolute Gasteiger partial charge is 0.291 e. The number of rotatable bonds is 7. The van der Waals surface area contributed by atoms with Gasteiger partial charge in [-0.2, -0.15) is 0 Å². The van der Waals surface area contributed by atoms with Crippen LogP contribution in [-0.4, -0.2) is 33.5 Å². The fourth-order valence-electron chi connectivity index (χ4n) is 2.83. The summed E-state index contributed by atoms with van der Waals surface area (Å²) in [5.74, 6) is 1.39. The van der Waals surface area contributed by atoms with Crippen LogP contribution in [0.5, 0.6) is 5.75 Å². The molecule has 1 amide bonds. The van der Waals surface area contributed by atoms with Crippen LogP contribution >= 0.6 is 15.9 Å². The van der Waals surface area contributed by atoms with Crippen molar-refractivity contribution in [1.82, 2.24) is 14.5 Å². The highest BCUT2D eigenvalue weighted by molar-refractivity contribution is 9.10. The number of carbonyl (C=O) groups is 1. The minimum Gasteiger partial charge on any atom is -0.494 e. The van der Waals surface area contributed by atoms with Crippen molar-refractivity contribution >= 4 is 21.8 Å². The van der Waals surface area contributed by atoms with Gasteiger partial charge < -0.3 is 14.2 Å². The molecule has 1 aliphatic rings. The monoisotopic (exact) mass is 391 g/mol. The van der Waals surface area contributed by atoms with Gasteiger partial charge in [-0.05, 0) is 53.0 Å². The van der Waals surface area contributed by atoms with E-state index < -0.39 is 0 Å². The lowest BCUT2D eigenvalue weighted by atomic mass is 10.1. The molecule has 6 heteroatoms. The number of ether oxygens (including phenoxy) is 1. The number of benzene rings is 1. The molecule has 3 rings (SSSR count). The Balaban J connectivity index is 1.86. The summed E-state index contributed by atoms with van der Waals surface area (Å²) in [6.07, 6.45) is 3.07. The van der Waals surface area contributed by atoms with E-state index >= 15 is 0 Å². The van der Waals surface area contributed by atoms with E-state index in [0.717, 1.165) is 42.8 Å². The van der Waals surface area contributed by atoms with Crippen LogP contribution in [0.15, 0.2) is 28.9 Å².